The molecule has 0 radical (unpaired) electrons. The van der Waals surface area contributed by atoms with E-state index in [1.54, 1.807) is 0 Å². The summed E-state index contributed by atoms with van der Waals surface area (Å²) in [5.74, 6) is 0.987. The van der Waals surface area contributed by atoms with Crippen LogP contribution >= 0.6 is 0 Å². The van der Waals surface area contributed by atoms with E-state index in [4.69, 9.17) is 9.97 Å². The minimum atomic E-state index is 0.280. The van der Waals surface area contributed by atoms with Gasteiger partial charge in [0.05, 0.1) is 33.5 Å². The first-order valence-electron chi connectivity index (χ1n) is 18.4. The molecule has 0 N–H and O–H groups in total. The molecule has 11 rings (SSSR count). The van der Waals surface area contributed by atoms with Gasteiger partial charge in [0.2, 0.25) is 5.95 Å². The van der Waals surface area contributed by atoms with Crippen LogP contribution in [-0.4, -0.2) is 19.1 Å². The van der Waals surface area contributed by atoms with Crippen molar-refractivity contribution >= 4 is 60.5 Å². The molecule has 7 aromatic carbocycles. The van der Waals surface area contributed by atoms with E-state index >= 15 is 0 Å². The number of rotatable bonds is 4. The van der Waals surface area contributed by atoms with Gasteiger partial charge in [0.15, 0.2) is 0 Å². The summed E-state index contributed by atoms with van der Waals surface area (Å²) in [6.07, 6.45) is 5.43. The molecule has 0 bridgehead atoms. The summed E-state index contributed by atoms with van der Waals surface area (Å²) in [7, 11) is 0. The number of nitrogens with zero attached hydrogens (tertiary/aromatic N) is 4. The molecule has 0 aliphatic heterocycles. The van der Waals surface area contributed by atoms with Gasteiger partial charge < -0.3 is 4.57 Å². The minimum absolute atomic E-state index is 0.280. The highest BCUT2D eigenvalue weighted by Crippen LogP contribution is 2.43. The smallest absolute Gasteiger partial charge is 0.235 e. The molecule has 4 heteroatoms. The second-order valence-electron chi connectivity index (χ2n) is 14.2. The van der Waals surface area contributed by atoms with Crippen LogP contribution in [0.25, 0.3) is 94.5 Å². The predicted molar refractivity (Wildman–Crippen MR) is 221 cm³/mol. The molecule has 10 aromatic rings. The third kappa shape index (κ3) is 4.49. The molecular weight excluding hydrogens is 645 g/mol. The number of fused-ring (bicyclic) bond motifs is 9. The molecule has 250 valence electrons. The monoisotopic (exact) mass is 678 g/mol. The Labute approximate surface area is 306 Å². The van der Waals surface area contributed by atoms with E-state index in [1.165, 1.54) is 54.5 Å². The van der Waals surface area contributed by atoms with Crippen LogP contribution in [0.2, 0.25) is 0 Å². The van der Waals surface area contributed by atoms with Gasteiger partial charge in [-0.25, -0.2) is 9.97 Å². The first-order valence-corrected chi connectivity index (χ1v) is 18.4. The molecule has 3 heterocycles. The molecule has 3 aromatic heterocycles. The van der Waals surface area contributed by atoms with Gasteiger partial charge in [-0.15, -0.1) is 0 Å². The zero-order valence-corrected chi connectivity index (χ0v) is 29.2. The highest BCUT2D eigenvalue weighted by atomic mass is 15.2. The number of para-hydroxylation sites is 2. The van der Waals surface area contributed by atoms with Crippen LogP contribution in [0, 0.1) is 0 Å². The van der Waals surface area contributed by atoms with Crippen molar-refractivity contribution in [3.63, 3.8) is 0 Å². The fourth-order valence-electron chi connectivity index (χ4n) is 8.70. The van der Waals surface area contributed by atoms with E-state index in [2.05, 4.69) is 186 Å². The first-order chi connectivity index (χ1) is 26.2. The molecule has 0 fully saturated rings. The molecule has 0 amide bonds. The van der Waals surface area contributed by atoms with Crippen LogP contribution in [-0.2, 0) is 0 Å². The molecule has 53 heavy (non-hydrogen) atoms. The number of aromatic nitrogens is 4. The highest BCUT2D eigenvalue weighted by Gasteiger charge is 2.25. The Balaban J connectivity index is 1.24. The lowest BCUT2D eigenvalue weighted by molar-refractivity contribution is 0.728. The normalized spacial score (nSPS) is 14.2. The van der Waals surface area contributed by atoms with Gasteiger partial charge in [0.25, 0.3) is 0 Å². The lowest BCUT2D eigenvalue weighted by Crippen LogP contribution is -2.12. The van der Waals surface area contributed by atoms with Gasteiger partial charge in [-0.05, 0) is 53.3 Å². The van der Waals surface area contributed by atoms with Gasteiger partial charge in [-0.3, -0.25) is 4.57 Å². The average molecular weight is 679 g/mol. The summed E-state index contributed by atoms with van der Waals surface area (Å²) >= 11 is 0. The SMILES string of the molecule is CC1CC=Cc2c(-c3ccccc3)nc(-n3c4cccc(-c5ccc6c7ccccc7n(-c7ccccc7)c6c5)c4c4ccc5ccccc5c43)nc21. The largest absolute Gasteiger partial charge is 0.309 e. The fourth-order valence-corrected chi connectivity index (χ4v) is 8.70. The molecule has 1 aliphatic rings. The molecule has 1 unspecified atom stereocenters. The molecule has 1 atom stereocenters. The molecule has 0 spiro atoms. The van der Waals surface area contributed by atoms with Crippen molar-refractivity contribution in [1.82, 2.24) is 19.1 Å². The Bertz CT molecular complexity index is 3090. The lowest BCUT2D eigenvalue weighted by Gasteiger charge is -2.21. The summed E-state index contributed by atoms with van der Waals surface area (Å²) in [6, 6.07) is 56.9. The van der Waals surface area contributed by atoms with Crippen molar-refractivity contribution in [3.8, 4) is 34.0 Å². The topological polar surface area (TPSA) is 35.6 Å². The van der Waals surface area contributed by atoms with Crippen molar-refractivity contribution in [2.45, 2.75) is 19.3 Å². The minimum Gasteiger partial charge on any atom is -0.309 e. The van der Waals surface area contributed by atoms with E-state index in [0.717, 1.165) is 45.7 Å². The molecule has 0 saturated heterocycles. The van der Waals surface area contributed by atoms with E-state index in [-0.39, 0.29) is 5.92 Å². The third-order valence-electron chi connectivity index (χ3n) is 11.1. The predicted octanol–water partition coefficient (Wildman–Crippen LogP) is 12.7. The summed E-state index contributed by atoms with van der Waals surface area (Å²) < 4.78 is 4.72. The summed E-state index contributed by atoms with van der Waals surface area (Å²) in [4.78, 5) is 10.9. The van der Waals surface area contributed by atoms with Crippen LogP contribution in [0.5, 0.6) is 0 Å². The van der Waals surface area contributed by atoms with Crippen LogP contribution < -0.4 is 0 Å². The summed E-state index contributed by atoms with van der Waals surface area (Å²) in [5.41, 5.74) is 12.4. The van der Waals surface area contributed by atoms with Crippen molar-refractivity contribution in [2.75, 3.05) is 0 Å². The van der Waals surface area contributed by atoms with Crippen LogP contribution in [0.3, 0.4) is 0 Å². The number of hydrogen-bond donors (Lipinski definition) is 0. The Kier molecular flexibility index (Phi) is 6.56. The Morgan fingerprint density at radius 2 is 1.26 bits per heavy atom. The van der Waals surface area contributed by atoms with Crippen LogP contribution in [0.15, 0.2) is 164 Å². The molecule has 4 nitrogen and oxygen atoms in total. The second-order valence-corrected chi connectivity index (χ2v) is 14.2. The molecule has 0 saturated carbocycles. The quantitative estimate of drug-likeness (QED) is 0.186. The molecular formula is C49H34N4. The van der Waals surface area contributed by atoms with Gasteiger partial charge in [-0.1, -0.05) is 146 Å². The van der Waals surface area contributed by atoms with E-state index in [1.807, 2.05) is 0 Å². The average Bonchev–Trinajstić information content (AvgIpc) is 3.74. The Hall–Kier alpha value is -6.78. The maximum atomic E-state index is 5.45. The van der Waals surface area contributed by atoms with Crippen molar-refractivity contribution in [2.24, 2.45) is 0 Å². The van der Waals surface area contributed by atoms with E-state index in [9.17, 15) is 0 Å². The van der Waals surface area contributed by atoms with Gasteiger partial charge in [0.1, 0.15) is 0 Å². The van der Waals surface area contributed by atoms with Gasteiger partial charge in [-0.2, -0.15) is 0 Å². The Morgan fingerprint density at radius 3 is 2.13 bits per heavy atom. The van der Waals surface area contributed by atoms with Crippen molar-refractivity contribution in [1.29, 1.82) is 0 Å². The Morgan fingerprint density at radius 1 is 0.547 bits per heavy atom. The van der Waals surface area contributed by atoms with Gasteiger partial charge in [0, 0.05) is 49.7 Å². The second kappa shape index (κ2) is 11.6. The maximum Gasteiger partial charge on any atom is 0.235 e. The van der Waals surface area contributed by atoms with Gasteiger partial charge >= 0.3 is 0 Å². The molecule has 1 aliphatic carbocycles. The van der Waals surface area contributed by atoms with Crippen molar-refractivity contribution < 1.29 is 0 Å². The van der Waals surface area contributed by atoms with Crippen LogP contribution in [0.1, 0.15) is 30.5 Å². The zero-order valence-electron chi connectivity index (χ0n) is 29.2. The standard InChI is InChI=1S/C49H34N4/c1-31-14-12-23-41-46(31)50-49(51-47(41)33-16-4-2-5-17-33)53-43-25-13-22-36(45(43)40-29-26-32-15-8-9-20-37(32)48(40)53)34-27-28-39-38-21-10-11-24-42(38)52(44(39)30-34)35-18-6-3-7-19-35/h2-13,15-31H,14H2,1H3. The number of benzene rings is 7. The fraction of sp³-hybridized carbons (Fsp3) is 0.0612. The van der Waals surface area contributed by atoms with Crippen LogP contribution in [0.4, 0.5) is 0 Å². The van der Waals surface area contributed by atoms with Crippen molar-refractivity contribution in [3.05, 3.63) is 175 Å². The number of allylic oxidation sites excluding steroid dienone is 1. The zero-order chi connectivity index (χ0) is 35.0. The lowest BCUT2D eigenvalue weighted by atomic mass is 9.90. The van der Waals surface area contributed by atoms with E-state index < -0.39 is 0 Å². The summed E-state index contributed by atoms with van der Waals surface area (Å²) in [6.45, 7) is 2.28. The third-order valence-corrected chi connectivity index (χ3v) is 11.1. The number of hydrogen-bond acceptors (Lipinski definition) is 2. The maximum absolute atomic E-state index is 5.45. The summed E-state index contributed by atoms with van der Waals surface area (Å²) in [5, 5.41) is 7.26. The highest BCUT2D eigenvalue weighted by molar-refractivity contribution is 6.22. The van der Waals surface area contributed by atoms with E-state index in [0.29, 0.717) is 5.95 Å². The first kappa shape index (κ1) is 29.9.